The molecule has 0 spiro atoms. The van der Waals surface area contributed by atoms with Crippen LogP contribution in [0.4, 0.5) is 24.5 Å². The topological polar surface area (TPSA) is 88.8 Å². The molecular weight excluding hydrogens is 437 g/mol. The number of carbonyl (C=O) groups is 1. The second-order valence-electron chi connectivity index (χ2n) is 8.06. The zero-order chi connectivity index (χ0) is 24.2. The molecule has 10 heteroatoms. The molecule has 2 aromatic carbocycles. The van der Waals surface area contributed by atoms with Gasteiger partial charge in [-0.15, -0.1) is 0 Å². The van der Waals surface area contributed by atoms with Crippen molar-refractivity contribution in [1.29, 1.82) is 5.26 Å². The molecule has 1 saturated heterocycles. The minimum Gasteiger partial charge on any atom is -0.497 e. The third kappa shape index (κ3) is 5.94. The molecule has 1 atom stereocenters. The van der Waals surface area contributed by atoms with E-state index < -0.39 is 28.8 Å². The first-order valence-corrected chi connectivity index (χ1v) is 10.3. The Morgan fingerprint density at radius 1 is 1.15 bits per heavy atom. The van der Waals surface area contributed by atoms with E-state index in [4.69, 9.17) is 10.00 Å². The molecule has 33 heavy (non-hydrogen) atoms. The van der Waals surface area contributed by atoms with Gasteiger partial charge in [0.05, 0.1) is 24.3 Å². The Labute approximate surface area is 190 Å². The second-order valence-corrected chi connectivity index (χ2v) is 8.06. The standard InChI is InChI=1S/C23H25F3N4O3/c1-22(32,21(31)28-17-4-3-16(14-27)20(13-17)23(24,25)26)15-29-9-11-30(12-10-29)18-5-7-19(33-2)8-6-18/h3-8,13,32H,9-12,15H2,1-2H3,(H,28,31)/t22-/m0/s1. The number of carbonyl (C=O) groups excluding carboxylic acids is 1. The monoisotopic (exact) mass is 462 g/mol. The van der Waals surface area contributed by atoms with Crippen molar-refractivity contribution < 1.29 is 27.8 Å². The minimum atomic E-state index is -4.74. The highest BCUT2D eigenvalue weighted by molar-refractivity contribution is 5.97. The van der Waals surface area contributed by atoms with Crippen LogP contribution in [0, 0.1) is 11.3 Å². The van der Waals surface area contributed by atoms with Gasteiger partial charge in [0.15, 0.2) is 5.60 Å². The lowest BCUT2D eigenvalue weighted by molar-refractivity contribution is -0.138. The van der Waals surface area contributed by atoms with Crippen molar-refractivity contribution >= 4 is 17.3 Å². The summed E-state index contributed by atoms with van der Waals surface area (Å²) in [5, 5.41) is 21.9. The molecule has 1 fully saturated rings. The number of hydrogen-bond donors (Lipinski definition) is 2. The zero-order valence-corrected chi connectivity index (χ0v) is 18.3. The van der Waals surface area contributed by atoms with Gasteiger partial charge >= 0.3 is 6.18 Å². The molecule has 1 aliphatic heterocycles. The Balaban J connectivity index is 1.59. The van der Waals surface area contributed by atoms with Gasteiger partial charge < -0.3 is 20.1 Å². The number of methoxy groups -OCH3 is 1. The number of amides is 1. The molecule has 0 bridgehead atoms. The Morgan fingerprint density at radius 2 is 1.79 bits per heavy atom. The van der Waals surface area contributed by atoms with Crippen LogP contribution in [-0.2, 0) is 11.0 Å². The van der Waals surface area contributed by atoms with Gasteiger partial charge in [-0.1, -0.05) is 0 Å². The van der Waals surface area contributed by atoms with Gasteiger partial charge in [-0.2, -0.15) is 18.4 Å². The van der Waals surface area contributed by atoms with E-state index in [9.17, 15) is 23.1 Å². The van der Waals surface area contributed by atoms with Crippen LogP contribution in [0.1, 0.15) is 18.1 Å². The molecule has 2 N–H and O–H groups in total. The number of piperazine rings is 1. The van der Waals surface area contributed by atoms with Gasteiger partial charge in [-0.3, -0.25) is 9.69 Å². The van der Waals surface area contributed by atoms with E-state index in [1.54, 1.807) is 7.11 Å². The van der Waals surface area contributed by atoms with Crippen molar-refractivity contribution in [3.05, 3.63) is 53.6 Å². The number of nitrogens with zero attached hydrogens (tertiary/aromatic N) is 3. The summed E-state index contributed by atoms with van der Waals surface area (Å²) in [4.78, 5) is 16.7. The Morgan fingerprint density at radius 3 is 2.33 bits per heavy atom. The van der Waals surface area contributed by atoms with E-state index in [0.29, 0.717) is 32.2 Å². The van der Waals surface area contributed by atoms with Crippen LogP contribution >= 0.6 is 0 Å². The van der Waals surface area contributed by atoms with E-state index in [1.165, 1.54) is 19.1 Å². The molecule has 0 saturated carbocycles. The normalized spacial score (nSPS) is 16.6. The number of hydrogen-bond acceptors (Lipinski definition) is 6. The van der Waals surface area contributed by atoms with Crippen molar-refractivity contribution in [2.75, 3.05) is 50.1 Å². The number of β-amino-alcohol motifs (C(OH)–C–C–N with tert-alkyl or cyclic N) is 1. The number of anilines is 2. The Hall–Kier alpha value is -3.29. The predicted molar refractivity (Wildman–Crippen MR) is 117 cm³/mol. The SMILES string of the molecule is COc1ccc(N2CCN(C[C@](C)(O)C(=O)Nc3ccc(C#N)c(C(F)(F)F)c3)CC2)cc1. The number of nitrogens with one attached hydrogen (secondary N) is 1. The number of halogens is 3. The lowest BCUT2D eigenvalue weighted by Gasteiger charge is -2.38. The fourth-order valence-electron chi connectivity index (χ4n) is 3.68. The van der Waals surface area contributed by atoms with Crippen molar-refractivity contribution in [2.24, 2.45) is 0 Å². The van der Waals surface area contributed by atoms with E-state index >= 15 is 0 Å². The maximum atomic E-state index is 13.2. The van der Waals surface area contributed by atoms with Crippen molar-refractivity contribution in [2.45, 2.75) is 18.7 Å². The fraction of sp³-hybridized carbons (Fsp3) is 0.391. The van der Waals surface area contributed by atoms with Gasteiger partial charge in [-0.25, -0.2) is 0 Å². The van der Waals surface area contributed by atoms with E-state index in [1.807, 2.05) is 29.2 Å². The number of alkyl halides is 3. The molecule has 0 aromatic heterocycles. The minimum absolute atomic E-state index is 0.0255. The lowest BCUT2D eigenvalue weighted by atomic mass is 10.0. The molecule has 3 rings (SSSR count). The first-order valence-electron chi connectivity index (χ1n) is 10.3. The summed E-state index contributed by atoms with van der Waals surface area (Å²) < 4.78 is 44.6. The first kappa shape index (κ1) is 24.4. The van der Waals surface area contributed by atoms with Crippen LogP contribution in [-0.4, -0.2) is 61.3 Å². The highest BCUT2D eigenvalue weighted by Gasteiger charge is 2.36. The van der Waals surface area contributed by atoms with E-state index in [2.05, 4.69) is 10.2 Å². The first-order chi connectivity index (χ1) is 15.5. The van der Waals surface area contributed by atoms with Gasteiger partial charge in [0.1, 0.15) is 5.75 Å². The van der Waals surface area contributed by atoms with Crippen LogP contribution in [0.5, 0.6) is 5.75 Å². The molecule has 2 aromatic rings. The van der Waals surface area contributed by atoms with Crippen LogP contribution in [0.2, 0.25) is 0 Å². The number of nitriles is 1. The number of rotatable bonds is 6. The molecular formula is C23H25F3N4O3. The number of aliphatic hydroxyl groups is 1. The number of benzene rings is 2. The average molecular weight is 462 g/mol. The third-order valence-corrected chi connectivity index (χ3v) is 5.53. The predicted octanol–water partition coefficient (Wildman–Crippen LogP) is 3.10. The molecule has 0 radical (unpaired) electrons. The maximum absolute atomic E-state index is 13.2. The maximum Gasteiger partial charge on any atom is 0.417 e. The third-order valence-electron chi connectivity index (χ3n) is 5.53. The smallest absolute Gasteiger partial charge is 0.417 e. The summed E-state index contributed by atoms with van der Waals surface area (Å²) in [7, 11) is 1.60. The molecule has 1 amide bonds. The molecule has 1 heterocycles. The van der Waals surface area contributed by atoms with Gasteiger partial charge in [0.25, 0.3) is 5.91 Å². The Bertz CT molecular complexity index is 1020. The fourth-order valence-corrected chi connectivity index (χ4v) is 3.68. The van der Waals surface area contributed by atoms with Gasteiger partial charge in [-0.05, 0) is 49.4 Å². The number of ether oxygens (including phenoxy) is 1. The van der Waals surface area contributed by atoms with Crippen molar-refractivity contribution in [1.82, 2.24) is 4.90 Å². The van der Waals surface area contributed by atoms with Crippen LogP contribution in [0.3, 0.4) is 0 Å². The van der Waals surface area contributed by atoms with Gasteiger partial charge in [0.2, 0.25) is 0 Å². The Kier molecular flexibility index (Phi) is 7.15. The molecule has 7 nitrogen and oxygen atoms in total. The summed E-state index contributed by atoms with van der Waals surface area (Å²) in [6.07, 6.45) is -4.74. The van der Waals surface area contributed by atoms with Crippen LogP contribution < -0.4 is 15.0 Å². The van der Waals surface area contributed by atoms with Crippen LogP contribution in [0.15, 0.2) is 42.5 Å². The average Bonchev–Trinajstić information content (AvgIpc) is 2.79. The molecule has 176 valence electrons. The summed E-state index contributed by atoms with van der Waals surface area (Å²) in [6.45, 7) is 3.93. The van der Waals surface area contributed by atoms with Gasteiger partial charge in [0, 0.05) is 44.1 Å². The summed E-state index contributed by atoms with van der Waals surface area (Å²) in [6, 6.07) is 12.1. The van der Waals surface area contributed by atoms with Crippen molar-refractivity contribution in [3.63, 3.8) is 0 Å². The quantitative estimate of drug-likeness (QED) is 0.686. The van der Waals surface area contributed by atoms with E-state index in [-0.39, 0.29) is 12.2 Å². The summed E-state index contributed by atoms with van der Waals surface area (Å²) >= 11 is 0. The van der Waals surface area contributed by atoms with E-state index in [0.717, 1.165) is 17.5 Å². The molecule has 0 aliphatic carbocycles. The summed E-state index contributed by atoms with van der Waals surface area (Å²) in [5.74, 6) is -0.0537. The zero-order valence-electron chi connectivity index (χ0n) is 18.3. The molecule has 1 aliphatic rings. The lowest BCUT2D eigenvalue weighted by Crippen LogP contribution is -2.54. The highest BCUT2D eigenvalue weighted by Crippen LogP contribution is 2.33. The van der Waals surface area contributed by atoms with Crippen LogP contribution in [0.25, 0.3) is 0 Å². The summed E-state index contributed by atoms with van der Waals surface area (Å²) in [5.41, 5.74) is -2.61. The largest absolute Gasteiger partial charge is 0.497 e. The molecule has 0 unspecified atom stereocenters. The highest BCUT2D eigenvalue weighted by atomic mass is 19.4. The second kappa shape index (κ2) is 9.68. The van der Waals surface area contributed by atoms with Crippen molar-refractivity contribution in [3.8, 4) is 11.8 Å².